The van der Waals surface area contributed by atoms with E-state index in [1.54, 1.807) is 0 Å². The van der Waals surface area contributed by atoms with Crippen molar-refractivity contribution in [3.63, 3.8) is 0 Å². The highest BCUT2D eigenvalue weighted by Crippen LogP contribution is 2.08. The maximum Gasteiger partial charge on any atom is 0.303 e. The highest BCUT2D eigenvalue weighted by molar-refractivity contribution is 5.66. The molecule has 0 saturated carbocycles. The SMILES string of the molecule is CCCCCCCCCC#CC#CCCCCCCCCC(=O)O. The van der Waals surface area contributed by atoms with Crippen molar-refractivity contribution < 1.29 is 9.90 Å². The Balaban J connectivity index is 3.26. The van der Waals surface area contributed by atoms with E-state index >= 15 is 0 Å². The van der Waals surface area contributed by atoms with Crippen molar-refractivity contribution in [3.05, 3.63) is 0 Å². The van der Waals surface area contributed by atoms with Gasteiger partial charge in [0.1, 0.15) is 0 Å². The van der Waals surface area contributed by atoms with Crippen molar-refractivity contribution >= 4 is 5.97 Å². The van der Waals surface area contributed by atoms with Gasteiger partial charge in [0.05, 0.1) is 0 Å². The highest BCUT2D eigenvalue weighted by Gasteiger charge is 1.96. The van der Waals surface area contributed by atoms with Gasteiger partial charge in [0.2, 0.25) is 0 Å². The van der Waals surface area contributed by atoms with E-state index in [0.717, 1.165) is 38.5 Å². The van der Waals surface area contributed by atoms with Crippen LogP contribution in [0.5, 0.6) is 0 Å². The zero-order valence-electron chi connectivity index (χ0n) is 15.7. The van der Waals surface area contributed by atoms with Crippen LogP contribution in [0.2, 0.25) is 0 Å². The second-order valence-corrected chi connectivity index (χ2v) is 6.49. The first kappa shape index (κ1) is 22.6. The minimum Gasteiger partial charge on any atom is -0.481 e. The number of aliphatic carboxylic acids is 1. The predicted octanol–water partition coefficient (Wildman–Crippen LogP) is 6.34. The highest BCUT2D eigenvalue weighted by atomic mass is 16.4. The molecule has 2 heteroatoms. The Morgan fingerprint density at radius 3 is 1.54 bits per heavy atom. The molecule has 24 heavy (non-hydrogen) atoms. The molecular formula is C22H36O2. The summed E-state index contributed by atoms with van der Waals surface area (Å²) in [5.41, 5.74) is 0. The first-order valence-corrected chi connectivity index (χ1v) is 9.95. The first-order valence-electron chi connectivity index (χ1n) is 9.95. The zero-order valence-corrected chi connectivity index (χ0v) is 15.7. The lowest BCUT2D eigenvalue weighted by Crippen LogP contribution is -1.93. The average molecular weight is 333 g/mol. The largest absolute Gasteiger partial charge is 0.481 e. The molecule has 0 unspecified atom stereocenters. The van der Waals surface area contributed by atoms with Gasteiger partial charge in [-0.3, -0.25) is 4.79 Å². The number of unbranched alkanes of at least 4 members (excludes halogenated alkanes) is 13. The van der Waals surface area contributed by atoms with E-state index in [2.05, 4.69) is 30.6 Å². The van der Waals surface area contributed by atoms with Gasteiger partial charge in [0.15, 0.2) is 0 Å². The summed E-state index contributed by atoms with van der Waals surface area (Å²) in [4.78, 5) is 10.4. The fourth-order valence-corrected chi connectivity index (χ4v) is 2.58. The van der Waals surface area contributed by atoms with Gasteiger partial charge in [-0.2, -0.15) is 0 Å². The van der Waals surface area contributed by atoms with E-state index in [-0.39, 0.29) is 0 Å². The Morgan fingerprint density at radius 2 is 1.08 bits per heavy atom. The smallest absolute Gasteiger partial charge is 0.303 e. The molecule has 0 bridgehead atoms. The molecule has 0 aliphatic rings. The van der Waals surface area contributed by atoms with E-state index in [1.165, 1.54) is 57.8 Å². The maximum absolute atomic E-state index is 10.4. The lowest BCUT2D eigenvalue weighted by atomic mass is 10.1. The minimum atomic E-state index is -0.682. The van der Waals surface area contributed by atoms with Gasteiger partial charge in [-0.1, -0.05) is 83.0 Å². The monoisotopic (exact) mass is 332 g/mol. The number of carboxylic acids is 1. The summed E-state index contributed by atoms with van der Waals surface area (Å²) in [6, 6.07) is 0. The van der Waals surface area contributed by atoms with Crippen LogP contribution in [0.1, 0.15) is 110 Å². The van der Waals surface area contributed by atoms with Crippen molar-refractivity contribution in [2.45, 2.75) is 110 Å². The fraction of sp³-hybridized carbons (Fsp3) is 0.773. The van der Waals surface area contributed by atoms with Crippen LogP contribution >= 0.6 is 0 Å². The number of carboxylic acid groups (broad SMARTS) is 1. The molecule has 0 saturated heterocycles. The molecule has 1 N–H and O–H groups in total. The second kappa shape index (κ2) is 19.6. The molecule has 0 aliphatic heterocycles. The van der Waals surface area contributed by atoms with E-state index in [9.17, 15) is 4.79 Å². The van der Waals surface area contributed by atoms with Crippen molar-refractivity contribution in [1.82, 2.24) is 0 Å². The molecule has 0 radical (unpaired) electrons. The number of hydrogen-bond donors (Lipinski definition) is 1. The molecule has 0 spiro atoms. The molecule has 0 heterocycles. The van der Waals surface area contributed by atoms with Crippen LogP contribution in [0.4, 0.5) is 0 Å². The van der Waals surface area contributed by atoms with Gasteiger partial charge in [0.25, 0.3) is 0 Å². The molecule has 0 aliphatic carbocycles. The quantitative estimate of drug-likeness (QED) is 0.281. The van der Waals surface area contributed by atoms with E-state index in [0.29, 0.717) is 6.42 Å². The zero-order chi connectivity index (χ0) is 17.7. The summed E-state index contributed by atoms with van der Waals surface area (Å²) in [5.74, 6) is 11.5. The maximum atomic E-state index is 10.4. The Morgan fingerprint density at radius 1 is 0.667 bits per heavy atom. The van der Waals surface area contributed by atoms with Crippen molar-refractivity contribution in [2.24, 2.45) is 0 Å². The Labute approximate surface area is 149 Å². The molecule has 0 aromatic carbocycles. The average Bonchev–Trinajstić information content (AvgIpc) is 2.56. The summed E-state index contributed by atoms with van der Waals surface area (Å²) >= 11 is 0. The summed E-state index contributed by atoms with van der Waals surface area (Å²) in [6.45, 7) is 2.25. The second-order valence-electron chi connectivity index (χ2n) is 6.49. The lowest BCUT2D eigenvalue weighted by Gasteiger charge is -1.98. The summed E-state index contributed by atoms with van der Waals surface area (Å²) in [6.07, 6.45) is 18.0. The molecule has 0 rings (SSSR count). The van der Waals surface area contributed by atoms with Gasteiger partial charge in [0, 0.05) is 19.3 Å². The van der Waals surface area contributed by atoms with E-state index < -0.39 is 5.97 Å². The number of hydrogen-bond acceptors (Lipinski definition) is 1. The normalized spacial score (nSPS) is 9.71. The first-order chi connectivity index (χ1) is 11.8. The van der Waals surface area contributed by atoms with E-state index in [1.807, 2.05) is 0 Å². The van der Waals surface area contributed by atoms with Crippen LogP contribution in [0.15, 0.2) is 0 Å². The third-order valence-corrected chi connectivity index (χ3v) is 4.09. The number of carbonyl (C=O) groups is 1. The van der Waals surface area contributed by atoms with Crippen LogP contribution < -0.4 is 0 Å². The van der Waals surface area contributed by atoms with E-state index in [4.69, 9.17) is 5.11 Å². The molecule has 0 atom stereocenters. The van der Waals surface area contributed by atoms with Crippen LogP contribution in [0.3, 0.4) is 0 Å². The van der Waals surface area contributed by atoms with Gasteiger partial charge >= 0.3 is 5.97 Å². The molecule has 0 aromatic rings. The molecular weight excluding hydrogens is 296 g/mol. The molecule has 2 nitrogen and oxygen atoms in total. The standard InChI is InChI=1S/C22H36O2/c1-2-3-4-5-6-7-8-9-10-11-12-13-14-15-16-17-18-19-20-21-22(23)24/h2-9,14-21H2,1H3,(H,23,24). The summed E-state index contributed by atoms with van der Waals surface area (Å²) in [7, 11) is 0. The molecule has 0 aromatic heterocycles. The number of rotatable bonds is 15. The predicted molar refractivity (Wildman–Crippen MR) is 103 cm³/mol. The van der Waals surface area contributed by atoms with Gasteiger partial charge < -0.3 is 5.11 Å². The third-order valence-electron chi connectivity index (χ3n) is 4.09. The van der Waals surface area contributed by atoms with Gasteiger partial charge in [-0.25, -0.2) is 0 Å². The molecule has 136 valence electrons. The van der Waals surface area contributed by atoms with Crippen molar-refractivity contribution in [1.29, 1.82) is 0 Å². The Kier molecular flexibility index (Phi) is 18.5. The van der Waals surface area contributed by atoms with Crippen LogP contribution in [-0.4, -0.2) is 11.1 Å². The van der Waals surface area contributed by atoms with Gasteiger partial charge in [-0.05, 0) is 31.1 Å². The fourth-order valence-electron chi connectivity index (χ4n) is 2.58. The van der Waals surface area contributed by atoms with Crippen molar-refractivity contribution in [3.8, 4) is 23.7 Å². The topological polar surface area (TPSA) is 37.3 Å². The van der Waals surface area contributed by atoms with Crippen LogP contribution in [0, 0.1) is 23.7 Å². The summed E-state index contributed by atoms with van der Waals surface area (Å²) < 4.78 is 0. The van der Waals surface area contributed by atoms with Crippen molar-refractivity contribution in [2.75, 3.05) is 0 Å². The minimum absolute atomic E-state index is 0.309. The van der Waals surface area contributed by atoms with Gasteiger partial charge in [-0.15, -0.1) is 0 Å². The lowest BCUT2D eigenvalue weighted by molar-refractivity contribution is -0.137. The molecule has 0 fully saturated rings. The van der Waals surface area contributed by atoms with Crippen LogP contribution in [0.25, 0.3) is 0 Å². The Bertz CT molecular complexity index is 403. The third kappa shape index (κ3) is 20.6. The Hall–Kier alpha value is -1.41. The molecule has 0 amide bonds. The van der Waals surface area contributed by atoms with Crippen LogP contribution in [-0.2, 0) is 4.79 Å². The summed E-state index contributed by atoms with van der Waals surface area (Å²) in [5, 5.41) is 8.53.